The molecule has 0 aromatic heterocycles. The maximum Gasteiger partial charge on any atom is 0.310 e. The summed E-state index contributed by atoms with van der Waals surface area (Å²) in [6, 6.07) is 0. The summed E-state index contributed by atoms with van der Waals surface area (Å²) in [7, 11) is 0. The SMILES string of the molecule is FC1(F)C(=S)CCC1=S. The van der Waals surface area contributed by atoms with Crippen LogP contribution in [0.5, 0.6) is 0 Å². The predicted molar refractivity (Wildman–Crippen MR) is 39.4 cm³/mol. The largest absolute Gasteiger partial charge is 0.310 e. The van der Waals surface area contributed by atoms with E-state index in [0.29, 0.717) is 0 Å². The zero-order valence-corrected chi connectivity index (χ0v) is 6.12. The van der Waals surface area contributed by atoms with Gasteiger partial charge in [0.1, 0.15) is 0 Å². The summed E-state index contributed by atoms with van der Waals surface area (Å²) in [5.74, 6) is -2.93. The first-order valence-corrected chi connectivity index (χ1v) is 3.31. The van der Waals surface area contributed by atoms with Gasteiger partial charge in [-0.15, -0.1) is 0 Å². The summed E-state index contributed by atoms with van der Waals surface area (Å²) in [4.78, 5) is -0.403. The maximum absolute atomic E-state index is 12.4. The molecular weight excluding hydrogens is 162 g/mol. The maximum atomic E-state index is 12.4. The lowest BCUT2D eigenvalue weighted by atomic mass is 10.3. The molecule has 1 rings (SSSR count). The van der Waals surface area contributed by atoms with Gasteiger partial charge in [-0.3, -0.25) is 0 Å². The van der Waals surface area contributed by atoms with Crippen molar-refractivity contribution < 1.29 is 8.78 Å². The Morgan fingerprint density at radius 2 is 1.44 bits per heavy atom. The van der Waals surface area contributed by atoms with Crippen LogP contribution >= 0.6 is 24.4 Å². The quantitative estimate of drug-likeness (QED) is 0.506. The summed E-state index contributed by atoms with van der Waals surface area (Å²) in [5.41, 5.74) is 0. The minimum atomic E-state index is -2.93. The van der Waals surface area contributed by atoms with E-state index in [-0.39, 0.29) is 22.6 Å². The van der Waals surface area contributed by atoms with Crippen LogP contribution in [0.15, 0.2) is 0 Å². The molecule has 1 saturated carbocycles. The predicted octanol–water partition coefficient (Wildman–Crippen LogP) is 2.16. The molecule has 9 heavy (non-hydrogen) atoms. The third-order valence-electron chi connectivity index (χ3n) is 1.28. The summed E-state index contributed by atoms with van der Waals surface area (Å²) in [5, 5.41) is 0. The minimum absolute atomic E-state index is 0.201. The first-order chi connectivity index (χ1) is 4.05. The van der Waals surface area contributed by atoms with Gasteiger partial charge in [-0.2, -0.15) is 8.78 Å². The van der Waals surface area contributed by atoms with E-state index in [1.165, 1.54) is 0 Å². The molecular formula is C5H4F2S2. The van der Waals surface area contributed by atoms with Gasteiger partial charge in [0.05, 0.1) is 9.73 Å². The molecule has 0 N–H and O–H groups in total. The lowest BCUT2D eigenvalue weighted by Crippen LogP contribution is -2.26. The average Bonchev–Trinajstić information content (AvgIpc) is 1.96. The Balaban J connectivity index is 2.91. The van der Waals surface area contributed by atoms with Crippen molar-refractivity contribution in [2.45, 2.75) is 18.8 Å². The summed E-state index contributed by atoms with van der Waals surface area (Å²) in [6.45, 7) is 0. The number of thiocarbonyl (C=S) groups is 2. The van der Waals surface area contributed by atoms with Crippen molar-refractivity contribution in [3.05, 3.63) is 0 Å². The topological polar surface area (TPSA) is 0 Å². The fourth-order valence-electron chi connectivity index (χ4n) is 0.697. The normalized spacial score (nSPS) is 25.1. The van der Waals surface area contributed by atoms with Crippen molar-refractivity contribution in [1.82, 2.24) is 0 Å². The number of hydrogen-bond acceptors (Lipinski definition) is 2. The van der Waals surface area contributed by atoms with Crippen molar-refractivity contribution in [3.8, 4) is 0 Å². The number of halogens is 2. The lowest BCUT2D eigenvalue weighted by molar-refractivity contribution is 0.166. The van der Waals surface area contributed by atoms with E-state index >= 15 is 0 Å². The summed E-state index contributed by atoms with van der Waals surface area (Å²) in [6.07, 6.45) is 0.558. The van der Waals surface area contributed by atoms with E-state index in [1.54, 1.807) is 0 Å². The van der Waals surface area contributed by atoms with Crippen LogP contribution in [0.3, 0.4) is 0 Å². The van der Waals surface area contributed by atoms with Gasteiger partial charge in [-0.1, -0.05) is 24.4 Å². The summed E-state index contributed by atoms with van der Waals surface area (Å²) >= 11 is 8.79. The van der Waals surface area contributed by atoms with E-state index in [1.807, 2.05) is 0 Å². The monoisotopic (exact) mass is 166 g/mol. The molecule has 0 amide bonds. The van der Waals surface area contributed by atoms with E-state index in [9.17, 15) is 8.78 Å². The standard InChI is InChI=1S/C5H4F2S2/c6-5(7)3(8)1-2-4(5)9/h1-2H2. The Morgan fingerprint density at radius 1 is 1.11 bits per heavy atom. The molecule has 0 aliphatic heterocycles. The molecule has 0 spiro atoms. The molecule has 0 radical (unpaired) electrons. The van der Waals surface area contributed by atoms with Gasteiger partial charge in [-0.25, -0.2) is 0 Å². The second-order valence-electron chi connectivity index (χ2n) is 1.92. The zero-order chi connectivity index (χ0) is 7.07. The fraction of sp³-hybridized carbons (Fsp3) is 0.600. The number of alkyl halides is 2. The van der Waals surface area contributed by atoms with Crippen LogP contribution in [-0.2, 0) is 0 Å². The van der Waals surface area contributed by atoms with Gasteiger partial charge in [0.2, 0.25) is 0 Å². The number of hydrogen-bond donors (Lipinski definition) is 0. The molecule has 0 aromatic carbocycles. The molecule has 50 valence electrons. The van der Waals surface area contributed by atoms with E-state index < -0.39 is 5.92 Å². The van der Waals surface area contributed by atoms with Crippen molar-refractivity contribution in [1.29, 1.82) is 0 Å². The van der Waals surface area contributed by atoms with Crippen molar-refractivity contribution in [3.63, 3.8) is 0 Å². The molecule has 1 aliphatic rings. The molecule has 0 saturated heterocycles. The van der Waals surface area contributed by atoms with Crippen LogP contribution in [0.4, 0.5) is 8.78 Å². The fourth-order valence-corrected chi connectivity index (χ4v) is 1.21. The van der Waals surface area contributed by atoms with E-state index in [0.717, 1.165) is 0 Å². The third kappa shape index (κ3) is 1.01. The highest BCUT2D eigenvalue weighted by atomic mass is 32.1. The van der Waals surface area contributed by atoms with Gasteiger partial charge in [0, 0.05) is 0 Å². The summed E-state index contributed by atoms with van der Waals surface area (Å²) < 4.78 is 24.9. The van der Waals surface area contributed by atoms with Crippen LogP contribution in [0.25, 0.3) is 0 Å². The molecule has 1 aliphatic carbocycles. The van der Waals surface area contributed by atoms with Gasteiger partial charge < -0.3 is 0 Å². The highest BCUT2D eigenvalue weighted by Gasteiger charge is 2.43. The first kappa shape index (κ1) is 7.15. The van der Waals surface area contributed by atoms with Crippen LogP contribution in [-0.4, -0.2) is 15.7 Å². The molecule has 0 nitrogen and oxygen atoms in total. The van der Waals surface area contributed by atoms with Crippen LogP contribution in [0.2, 0.25) is 0 Å². The van der Waals surface area contributed by atoms with E-state index in [2.05, 4.69) is 24.4 Å². The van der Waals surface area contributed by atoms with Crippen LogP contribution in [0.1, 0.15) is 12.8 Å². The van der Waals surface area contributed by atoms with Crippen molar-refractivity contribution >= 4 is 34.2 Å². The van der Waals surface area contributed by atoms with Crippen molar-refractivity contribution in [2.24, 2.45) is 0 Å². The van der Waals surface area contributed by atoms with E-state index in [4.69, 9.17) is 0 Å². The second kappa shape index (κ2) is 2.02. The van der Waals surface area contributed by atoms with Gasteiger partial charge in [0.15, 0.2) is 0 Å². The molecule has 0 atom stereocenters. The smallest absolute Gasteiger partial charge is 0.195 e. The third-order valence-corrected chi connectivity index (χ3v) is 2.20. The highest BCUT2D eigenvalue weighted by molar-refractivity contribution is 7.82. The Morgan fingerprint density at radius 3 is 1.56 bits per heavy atom. The molecule has 0 aromatic rings. The van der Waals surface area contributed by atoms with Gasteiger partial charge >= 0.3 is 5.92 Å². The Labute approximate surface area is 62.2 Å². The molecule has 0 bridgehead atoms. The van der Waals surface area contributed by atoms with Gasteiger partial charge in [-0.05, 0) is 12.8 Å². The Hall–Kier alpha value is 0.0400. The number of rotatable bonds is 0. The molecule has 4 heteroatoms. The first-order valence-electron chi connectivity index (χ1n) is 2.49. The second-order valence-corrected chi connectivity index (χ2v) is 2.91. The Kier molecular flexibility index (Phi) is 1.61. The van der Waals surface area contributed by atoms with Crippen LogP contribution in [0, 0.1) is 0 Å². The average molecular weight is 166 g/mol. The molecule has 0 heterocycles. The zero-order valence-electron chi connectivity index (χ0n) is 4.49. The van der Waals surface area contributed by atoms with Crippen LogP contribution < -0.4 is 0 Å². The molecule has 0 unspecified atom stereocenters. The lowest BCUT2D eigenvalue weighted by Gasteiger charge is -2.06. The Bertz CT molecular complexity index is 156. The minimum Gasteiger partial charge on any atom is -0.195 e. The van der Waals surface area contributed by atoms with Gasteiger partial charge in [0.25, 0.3) is 0 Å². The highest BCUT2D eigenvalue weighted by Crippen LogP contribution is 2.30. The van der Waals surface area contributed by atoms with Crippen molar-refractivity contribution in [2.75, 3.05) is 0 Å². The molecule has 1 fully saturated rings.